The highest BCUT2D eigenvalue weighted by Crippen LogP contribution is 2.35. The third-order valence-corrected chi connectivity index (χ3v) is 8.52. The first kappa shape index (κ1) is 31.0. The van der Waals surface area contributed by atoms with Crippen molar-refractivity contribution in [3.63, 3.8) is 0 Å². The van der Waals surface area contributed by atoms with Crippen molar-refractivity contribution >= 4 is 46.6 Å². The molecule has 2 aliphatic rings. The Morgan fingerprint density at radius 2 is 1.67 bits per heavy atom. The third kappa shape index (κ3) is 7.63. The van der Waals surface area contributed by atoms with E-state index in [2.05, 4.69) is 25.1 Å². The predicted octanol–water partition coefficient (Wildman–Crippen LogP) is 5.59. The molecule has 2 aromatic carbocycles. The van der Waals surface area contributed by atoms with Crippen molar-refractivity contribution in [2.45, 2.75) is 25.8 Å². The van der Waals surface area contributed by atoms with Crippen LogP contribution in [0.15, 0.2) is 85.2 Å². The average Bonchev–Trinajstić information content (AvgIpc) is 3.93. The van der Waals surface area contributed by atoms with E-state index < -0.39 is 5.97 Å². The average molecular weight is 639 g/mol. The normalized spacial score (nSPS) is 14.5. The van der Waals surface area contributed by atoms with Crippen molar-refractivity contribution in [2.24, 2.45) is 5.92 Å². The topological polar surface area (TPSA) is 119 Å². The van der Waals surface area contributed by atoms with E-state index in [9.17, 15) is 19.5 Å². The first-order valence-electron chi connectivity index (χ1n) is 15.4. The van der Waals surface area contributed by atoms with E-state index in [1.165, 1.54) is 6.20 Å². The van der Waals surface area contributed by atoms with Gasteiger partial charge in [0.25, 0.3) is 5.91 Å². The molecule has 0 unspecified atom stereocenters. The van der Waals surface area contributed by atoms with Crippen molar-refractivity contribution in [2.75, 3.05) is 47.8 Å². The molecule has 6 rings (SSSR count). The summed E-state index contributed by atoms with van der Waals surface area (Å²) in [6.45, 7) is 3.58. The Labute approximate surface area is 272 Å². The Morgan fingerprint density at radius 3 is 2.37 bits per heavy atom. The van der Waals surface area contributed by atoms with Gasteiger partial charge in [-0.15, -0.1) is 0 Å². The summed E-state index contributed by atoms with van der Waals surface area (Å²) in [6.07, 6.45) is 4.87. The molecule has 4 aromatic rings. The van der Waals surface area contributed by atoms with Crippen molar-refractivity contribution in [3.8, 4) is 11.1 Å². The maximum absolute atomic E-state index is 13.3. The van der Waals surface area contributed by atoms with Gasteiger partial charge in [-0.2, -0.15) is 0 Å². The summed E-state index contributed by atoms with van der Waals surface area (Å²) in [5, 5.41) is 12.6. The highest BCUT2D eigenvalue weighted by Gasteiger charge is 2.33. The summed E-state index contributed by atoms with van der Waals surface area (Å²) < 4.78 is 0. The number of aliphatic carboxylic acids is 1. The number of benzene rings is 2. The van der Waals surface area contributed by atoms with E-state index in [-0.39, 0.29) is 30.7 Å². The number of halogens is 1. The smallest absolute Gasteiger partial charge is 0.305 e. The lowest BCUT2D eigenvalue weighted by Crippen LogP contribution is -2.47. The zero-order valence-corrected chi connectivity index (χ0v) is 26.1. The zero-order chi connectivity index (χ0) is 32.0. The van der Waals surface area contributed by atoms with Gasteiger partial charge in [-0.25, -0.2) is 9.97 Å². The maximum Gasteiger partial charge on any atom is 0.305 e. The molecule has 2 amide bonds. The van der Waals surface area contributed by atoms with Gasteiger partial charge in [0.15, 0.2) is 0 Å². The van der Waals surface area contributed by atoms with Crippen LogP contribution >= 0.6 is 11.6 Å². The predicted molar refractivity (Wildman–Crippen MR) is 178 cm³/mol. The molecular formula is C35H35ClN6O4. The highest BCUT2D eigenvalue weighted by atomic mass is 35.5. The van der Waals surface area contributed by atoms with Gasteiger partial charge < -0.3 is 25.1 Å². The minimum Gasteiger partial charge on any atom is -0.481 e. The van der Waals surface area contributed by atoms with Gasteiger partial charge in [0, 0.05) is 57.6 Å². The van der Waals surface area contributed by atoms with E-state index in [0.29, 0.717) is 22.9 Å². The van der Waals surface area contributed by atoms with Crippen LogP contribution in [0.5, 0.6) is 0 Å². The third-order valence-electron chi connectivity index (χ3n) is 8.30. The number of piperazine rings is 1. The molecule has 0 bridgehead atoms. The quantitative estimate of drug-likeness (QED) is 0.204. The number of carboxylic acid groups (broad SMARTS) is 1. The van der Waals surface area contributed by atoms with E-state index in [1.54, 1.807) is 23.2 Å². The second kappa shape index (κ2) is 14.0. The van der Waals surface area contributed by atoms with Gasteiger partial charge in [0.2, 0.25) is 5.91 Å². The van der Waals surface area contributed by atoms with Crippen LogP contribution in [0, 0.1) is 5.92 Å². The monoisotopic (exact) mass is 638 g/mol. The molecule has 2 fully saturated rings. The Kier molecular flexibility index (Phi) is 9.44. The van der Waals surface area contributed by atoms with Crippen LogP contribution in [0.3, 0.4) is 0 Å². The molecule has 2 aromatic heterocycles. The second-order valence-corrected chi connectivity index (χ2v) is 12.0. The molecule has 1 aliphatic carbocycles. The number of aromatic nitrogens is 2. The molecule has 0 atom stereocenters. The lowest BCUT2D eigenvalue weighted by Gasteiger charge is -2.37. The summed E-state index contributed by atoms with van der Waals surface area (Å²) >= 11 is 5.95. The Morgan fingerprint density at radius 1 is 0.891 bits per heavy atom. The van der Waals surface area contributed by atoms with Crippen molar-refractivity contribution in [1.29, 1.82) is 0 Å². The standard InChI is InChI=1S/C35H35ClN6O4/c36-31-12-10-28(22-38-31)34(45)39-29-21-27(9-11-30(29)40-16-18-41(19-17-40)32-6-1-2-14-37-32)26-5-3-4-24(20-26)23-42(15-13-33(43)44)35(46)25-7-8-25/h1-6,9-12,14,20-22,25H,7-8,13,15-19,23H2,(H,39,45)(H,43,44). The first-order chi connectivity index (χ1) is 22.3. The van der Waals surface area contributed by atoms with E-state index in [0.717, 1.165) is 67.2 Å². The Hall–Kier alpha value is -4.96. The number of anilines is 3. The molecule has 1 aliphatic heterocycles. The number of carbonyl (C=O) groups is 3. The van der Waals surface area contributed by atoms with Crippen LogP contribution in [-0.4, -0.2) is 70.5 Å². The van der Waals surface area contributed by atoms with Gasteiger partial charge in [-0.05, 0) is 72.0 Å². The summed E-state index contributed by atoms with van der Waals surface area (Å²) in [7, 11) is 0. The number of pyridine rings is 2. The molecule has 1 saturated heterocycles. The molecule has 236 valence electrons. The minimum absolute atomic E-state index is 0.00245. The molecule has 3 heterocycles. The molecular weight excluding hydrogens is 604 g/mol. The summed E-state index contributed by atoms with van der Waals surface area (Å²) in [4.78, 5) is 52.2. The molecule has 46 heavy (non-hydrogen) atoms. The number of hydrogen-bond acceptors (Lipinski definition) is 7. The molecule has 0 spiro atoms. The number of carboxylic acids is 1. The number of hydrogen-bond donors (Lipinski definition) is 2. The summed E-state index contributed by atoms with van der Waals surface area (Å²) in [5.74, 6) is -0.264. The summed E-state index contributed by atoms with van der Waals surface area (Å²) in [5.41, 5.74) is 4.69. The molecule has 2 N–H and O–H groups in total. The number of nitrogens with one attached hydrogen (secondary N) is 1. The molecule has 0 radical (unpaired) electrons. The molecule has 10 nitrogen and oxygen atoms in total. The lowest BCUT2D eigenvalue weighted by atomic mass is 10.0. The van der Waals surface area contributed by atoms with Crippen molar-refractivity contribution in [3.05, 3.63) is 101 Å². The van der Waals surface area contributed by atoms with Gasteiger partial charge in [-0.1, -0.05) is 41.9 Å². The van der Waals surface area contributed by atoms with Crippen molar-refractivity contribution < 1.29 is 19.5 Å². The van der Waals surface area contributed by atoms with Crippen LogP contribution in [-0.2, 0) is 16.1 Å². The van der Waals surface area contributed by atoms with Gasteiger partial charge in [-0.3, -0.25) is 14.4 Å². The van der Waals surface area contributed by atoms with E-state index in [4.69, 9.17) is 11.6 Å². The number of amides is 2. The molecule has 1 saturated carbocycles. The largest absolute Gasteiger partial charge is 0.481 e. The van der Waals surface area contributed by atoms with Gasteiger partial charge >= 0.3 is 5.97 Å². The number of carbonyl (C=O) groups excluding carboxylic acids is 2. The fraction of sp³-hybridized carbons (Fsp3) is 0.286. The maximum atomic E-state index is 13.3. The van der Waals surface area contributed by atoms with Crippen LogP contribution < -0.4 is 15.1 Å². The lowest BCUT2D eigenvalue weighted by molar-refractivity contribution is -0.139. The first-order valence-corrected chi connectivity index (χ1v) is 15.8. The summed E-state index contributed by atoms with van der Waals surface area (Å²) in [6, 6.07) is 23.1. The number of rotatable bonds is 11. The van der Waals surface area contributed by atoms with Gasteiger partial charge in [0.1, 0.15) is 11.0 Å². The second-order valence-electron chi connectivity index (χ2n) is 11.6. The van der Waals surface area contributed by atoms with Crippen LogP contribution in [0.4, 0.5) is 17.2 Å². The highest BCUT2D eigenvalue weighted by molar-refractivity contribution is 6.29. The minimum atomic E-state index is -0.926. The van der Waals surface area contributed by atoms with E-state index in [1.807, 2.05) is 60.7 Å². The fourth-order valence-electron chi connectivity index (χ4n) is 5.67. The molecule has 11 heteroatoms. The fourth-order valence-corrected chi connectivity index (χ4v) is 5.78. The van der Waals surface area contributed by atoms with Crippen LogP contribution in [0.25, 0.3) is 11.1 Å². The van der Waals surface area contributed by atoms with Crippen LogP contribution in [0.2, 0.25) is 5.15 Å². The van der Waals surface area contributed by atoms with Crippen LogP contribution in [0.1, 0.15) is 35.2 Å². The number of nitrogens with zero attached hydrogens (tertiary/aromatic N) is 5. The van der Waals surface area contributed by atoms with E-state index >= 15 is 0 Å². The Bertz CT molecular complexity index is 1710. The SMILES string of the molecule is O=C(O)CCN(Cc1cccc(-c2ccc(N3CCN(c4ccccn4)CC3)c(NC(=O)c3ccc(Cl)nc3)c2)c1)C(=O)C1CC1. The Balaban J connectivity index is 1.26. The van der Waals surface area contributed by atoms with Crippen molar-refractivity contribution in [1.82, 2.24) is 14.9 Å². The zero-order valence-electron chi connectivity index (χ0n) is 25.3. The van der Waals surface area contributed by atoms with Gasteiger partial charge in [0.05, 0.1) is 23.4 Å².